The summed E-state index contributed by atoms with van der Waals surface area (Å²) in [6.07, 6.45) is 2.15. The number of rotatable bonds is 7. The molecule has 1 aliphatic carbocycles. The molecule has 1 heterocycles. The van der Waals surface area contributed by atoms with Gasteiger partial charge in [0.1, 0.15) is 11.9 Å². The Hall–Kier alpha value is -2.86. The van der Waals surface area contributed by atoms with Crippen molar-refractivity contribution in [1.29, 1.82) is 0 Å². The van der Waals surface area contributed by atoms with Gasteiger partial charge in [-0.3, -0.25) is 9.59 Å². The third-order valence-electron chi connectivity index (χ3n) is 7.96. The van der Waals surface area contributed by atoms with Gasteiger partial charge < -0.3 is 19.3 Å². The number of amides is 1. The molecule has 2 fully saturated rings. The van der Waals surface area contributed by atoms with Gasteiger partial charge >= 0.3 is 5.97 Å². The maximum Gasteiger partial charge on any atom is 0.302 e. The molecule has 0 bridgehead atoms. The minimum absolute atomic E-state index is 0.0445. The first-order valence-corrected chi connectivity index (χ1v) is 13.1. The summed E-state index contributed by atoms with van der Waals surface area (Å²) < 4.78 is 11.6. The van der Waals surface area contributed by atoms with Crippen molar-refractivity contribution in [2.45, 2.75) is 57.6 Å². The Morgan fingerprint density at radius 1 is 1.14 bits per heavy atom. The standard InChI is InChI=1S/C30H40N2O4/c1-21(2)19-32(29(34)23-10-7-6-8-11-23)25-17-28(36-22(3)33)27-20-31(4)15-14-30(27,18-25)24-12-9-13-26(16-24)35-5/h6-13,16,21,25,27-28H,14-15,17-20H2,1-5H3/t25-,27?,28?,30?/m1/s1. The number of esters is 1. The van der Waals surface area contributed by atoms with E-state index in [2.05, 4.69) is 37.9 Å². The molecule has 194 valence electrons. The molecule has 6 nitrogen and oxygen atoms in total. The van der Waals surface area contributed by atoms with Crippen LogP contribution < -0.4 is 4.74 Å². The fraction of sp³-hybridized carbons (Fsp3) is 0.533. The molecule has 6 heteroatoms. The lowest BCUT2D eigenvalue weighted by Crippen LogP contribution is -2.62. The van der Waals surface area contributed by atoms with Crippen LogP contribution in [0.4, 0.5) is 0 Å². The van der Waals surface area contributed by atoms with Gasteiger partial charge in [0.15, 0.2) is 0 Å². The van der Waals surface area contributed by atoms with Crippen LogP contribution in [-0.2, 0) is 14.9 Å². The second kappa shape index (κ2) is 11.0. The summed E-state index contributed by atoms with van der Waals surface area (Å²) in [7, 11) is 3.83. The van der Waals surface area contributed by atoms with Crippen molar-refractivity contribution in [2.75, 3.05) is 33.8 Å². The number of carbonyl (C=O) groups excluding carboxylic acids is 2. The van der Waals surface area contributed by atoms with Crippen LogP contribution in [0.3, 0.4) is 0 Å². The second-order valence-corrected chi connectivity index (χ2v) is 11.0. The minimum Gasteiger partial charge on any atom is -0.497 e. The fourth-order valence-corrected chi connectivity index (χ4v) is 6.37. The van der Waals surface area contributed by atoms with Crippen LogP contribution in [0.25, 0.3) is 0 Å². The van der Waals surface area contributed by atoms with E-state index in [-0.39, 0.29) is 35.4 Å². The normalized spacial score (nSPS) is 26.2. The largest absolute Gasteiger partial charge is 0.497 e. The molecule has 2 aromatic carbocycles. The van der Waals surface area contributed by atoms with E-state index in [0.29, 0.717) is 24.4 Å². The van der Waals surface area contributed by atoms with Gasteiger partial charge in [-0.05, 0) is 62.2 Å². The zero-order valence-electron chi connectivity index (χ0n) is 22.3. The molecule has 2 aromatic rings. The molecular formula is C30H40N2O4. The van der Waals surface area contributed by atoms with Gasteiger partial charge in [0.2, 0.25) is 0 Å². The lowest BCUT2D eigenvalue weighted by atomic mass is 9.56. The highest BCUT2D eigenvalue weighted by atomic mass is 16.5. The molecule has 4 atom stereocenters. The number of methoxy groups -OCH3 is 1. The monoisotopic (exact) mass is 492 g/mol. The van der Waals surface area contributed by atoms with Gasteiger partial charge in [-0.2, -0.15) is 0 Å². The Morgan fingerprint density at radius 3 is 2.56 bits per heavy atom. The molecule has 1 saturated heterocycles. The average molecular weight is 493 g/mol. The maximum atomic E-state index is 13.9. The van der Waals surface area contributed by atoms with E-state index in [4.69, 9.17) is 9.47 Å². The van der Waals surface area contributed by atoms with E-state index in [1.54, 1.807) is 7.11 Å². The number of piperidine rings is 1. The molecule has 2 aliphatic rings. The number of likely N-dealkylation sites (tertiary alicyclic amines) is 1. The third kappa shape index (κ3) is 5.44. The van der Waals surface area contributed by atoms with Crippen LogP contribution >= 0.6 is 0 Å². The Bertz CT molecular complexity index is 1060. The number of hydrogen-bond donors (Lipinski definition) is 0. The Labute approximate surface area is 215 Å². The van der Waals surface area contributed by atoms with Crippen LogP contribution in [0.5, 0.6) is 5.75 Å². The number of nitrogens with zero attached hydrogens (tertiary/aromatic N) is 2. The lowest BCUT2D eigenvalue weighted by Gasteiger charge is -2.56. The SMILES string of the molecule is COc1cccc(C23CCN(C)CC2C(OC(C)=O)C[C@@H](N(CC(C)C)C(=O)c2ccccc2)C3)c1. The van der Waals surface area contributed by atoms with Crippen molar-refractivity contribution in [3.8, 4) is 5.75 Å². The topological polar surface area (TPSA) is 59.1 Å². The molecule has 4 rings (SSSR count). The number of carbonyl (C=O) groups is 2. The molecule has 0 N–H and O–H groups in total. The lowest BCUT2D eigenvalue weighted by molar-refractivity contribution is -0.158. The highest BCUT2D eigenvalue weighted by Gasteiger charge is 2.54. The Morgan fingerprint density at radius 2 is 1.89 bits per heavy atom. The third-order valence-corrected chi connectivity index (χ3v) is 7.96. The molecular weight excluding hydrogens is 452 g/mol. The Balaban J connectivity index is 1.80. The van der Waals surface area contributed by atoms with E-state index in [1.165, 1.54) is 12.5 Å². The molecule has 0 radical (unpaired) electrons. The summed E-state index contributed by atoms with van der Waals surface area (Å²) in [5.41, 5.74) is 1.68. The average Bonchev–Trinajstić information content (AvgIpc) is 2.87. The highest BCUT2D eigenvalue weighted by Crippen LogP contribution is 2.51. The zero-order valence-corrected chi connectivity index (χ0v) is 22.3. The van der Waals surface area contributed by atoms with Crippen LogP contribution in [-0.4, -0.2) is 67.6 Å². The number of fused-ring (bicyclic) bond motifs is 1. The minimum atomic E-state index is -0.270. The van der Waals surface area contributed by atoms with Crippen molar-refractivity contribution in [3.63, 3.8) is 0 Å². The van der Waals surface area contributed by atoms with E-state index >= 15 is 0 Å². The predicted octanol–water partition coefficient (Wildman–Crippen LogP) is 4.78. The second-order valence-electron chi connectivity index (χ2n) is 11.0. The first-order valence-electron chi connectivity index (χ1n) is 13.1. The van der Waals surface area contributed by atoms with E-state index in [0.717, 1.165) is 31.7 Å². The number of ether oxygens (including phenoxy) is 2. The summed E-state index contributed by atoms with van der Waals surface area (Å²) in [5.74, 6) is 1.05. The van der Waals surface area contributed by atoms with Crippen molar-refractivity contribution in [1.82, 2.24) is 9.80 Å². The van der Waals surface area contributed by atoms with Crippen molar-refractivity contribution < 1.29 is 19.1 Å². The summed E-state index contributed by atoms with van der Waals surface area (Å²) in [6.45, 7) is 8.23. The van der Waals surface area contributed by atoms with Crippen LogP contribution in [0.2, 0.25) is 0 Å². The summed E-state index contributed by atoms with van der Waals surface area (Å²) in [5, 5.41) is 0. The molecule has 1 saturated carbocycles. The first kappa shape index (κ1) is 26.2. The Kier molecular flexibility index (Phi) is 8.04. The smallest absolute Gasteiger partial charge is 0.302 e. The van der Waals surface area contributed by atoms with E-state index < -0.39 is 0 Å². The van der Waals surface area contributed by atoms with Crippen LogP contribution in [0.15, 0.2) is 54.6 Å². The summed E-state index contributed by atoms with van der Waals surface area (Å²) >= 11 is 0. The molecule has 3 unspecified atom stereocenters. The van der Waals surface area contributed by atoms with E-state index in [9.17, 15) is 9.59 Å². The zero-order chi connectivity index (χ0) is 25.9. The quantitative estimate of drug-likeness (QED) is 0.521. The van der Waals surface area contributed by atoms with Crippen molar-refractivity contribution in [2.24, 2.45) is 11.8 Å². The number of benzene rings is 2. The molecule has 0 aromatic heterocycles. The fourth-order valence-electron chi connectivity index (χ4n) is 6.37. The van der Waals surface area contributed by atoms with E-state index in [1.807, 2.05) is 47.4 Å². The maximum absolute atomic E-state index is 13.9. The summed E-state index contributed by atoms with van der Waals surface area (Å²) in [6, 6.07) is 17.8. The molecule has 0 spiro atoms. The highest BCUT2D eigenvalue weighted by molar-refractivity contribution is 5.94. The van der Waals surface area contributed by atoms with Gasteiger partial charge in [0, 0.05) is 49.4 Å². The predicted molar refractivity (Wildman–Crippen MR) is 141 cm³/mol. The molecule has 1 aliphatic heterocycles. The van der Waals surface area contributed by atoms with Gasteiger partial charge in [0.25, 0.3) is 5.91 Å². The van der Waals surface area contributed by atoms with Gasteiger partial charge in [-0.15, -0.1) is 0 Å². The van der Waals surface area contributed by atoms with Crippen LogP contribution in [0, 0.1) is 11.8 Å². The van der Waals surface area contributed by atoms with Crippen LogP contribution in [0.1, 0.15) is 56.0 Å². The first-order chi connectivity index (χ1) is 17.2. The molecule has 36 heavy (non-hydrogen) atoms. The molecule has 1 amide bonds. The summed E-state index contributed by atoms with van der Waals surface area (Å²) in [4.78, 5) is 30.5. The van der Waals surface area contributed by atoms with Gasteiger partial charge in [-0.25, -0.2) is 0 Å². The van der Waals surface area contributed by atoms with Gasteiger partial charge in [0.05, 0.1) is 7.11 Å². The van der Waals surface area contributed by atoms with Gasteiger partial charge in [-0.1, -0.05) is 44.2 Å². The van der Waals surface area contributed by atoms with Crippen molar-refractivity contribution >= 4 is 11.9 Å². The number of hydrogen-bond acceptors (Lipinski definition) is 5. The van der Waals surface area contributed by atoms with Crippen molar-refractivity contribution in [3.05, 3.63) is 65.7 Å².